The van der Waals surface area contributed by atoms with Crippen LogP contribution in [0.2, 0.25) is 0 Å². The molecule has 0 bridgehead atoms. The molecular formula is C18H24N2O2. The van der Waals surface area contributed by atoms with Gasteiger partial charge in [0.2, 0.25) is 0 Å². The van der Waals surface area contributed by atoms with Crippen LogP contribution in [0.15, 0.2) is 29.8 Å². The summed E-state index contributed by atoms with van der Waals surface area (Å²) in [7, 11) is 0. The average molecular weight is 300 g/mol. The molecule has 1 atom stereocenters. The predicted molar refractivity (Wildman–Crippen MR) is 88.7 cm³/mol. The molecule has 0 amide bonds. The van der Waals surface area contributed by atoms with Gasteiger partial charge in [0, 0.05) is 5.69 Å². The predicted octanol–water partition coefficient (Wildman–Crippen LogP) is 3.94. The molecule has 1 rings (SSSR count). The Morgan fingerprint density at radius 1 is 1.36 bits per heavy atom. The number of hydrogen-bond donors (Lipinski definition) is 1. The zero-order valence-corrected chi connectivity index (χ0v) is 13.3. The third kappa shape index (κ3) is 6.01. The summed E-state index contributed by atoms with van der Waals surface area (Å²) in [6.45, 7) is 4.60. The number of unbranched alkanes of at least 4 members (excludes halogenated alkanes) is 1. The minimum atomic E-state index is -0.561. The van der Waals surface area contributed by atoms with E-state index in [1.54, 1.807) is 24.3 Å². The van der Waals surface area contributed by atoms with Crippen LogP contribution in [0.25, 0.3) is 6.08 Å². The van der Waals surface area contributed by atoms with Crippen LogP contribution >= 0.6 is 0 Å². The summed E-state index contributed by atoms with van der Waals surface area (Å²) in [5.74, 6) is -0.199. The van der Waals surface area contributed by atoms with Gasteiger partial charge in [0.25, 0.3) is 0 Å². The molecule has 0 aliphatic carbocycles. The lowest BCUT2D eigenvalue weighted by atomic mass is 10.0. The zero-order chi connectivity index (χ0) is 16.4. The first kappa shape index (κ1) is 17.8. The number of rotatable bonds is 8. The second-order valence-electron chi connectivity index (χ2n) is 5.35. The number of nitriles is 1. The Morgan fingerprint density at radius 2 is 2.05 bits per heavy atom. The lowest BCUT2D eigenvalue weighted by Gasteiger charge is -2.14. The van der Waals surface area contributed by atoms with Crippen molar-refractivity contribution in [2.75, 3.05) is 12.3 Å². The maximum atomic E-state index is 12.0. The molecule has 0 spiro atoms. The van der Waals surface area contributed by atoms with Crippen molar-refractivity contribution in [3.8, 4) is 6.07 Å². The van der Waals surface area contributed by atoms with Gasteiger partial charge in [0.05, 0.1) is 6.61 Å². The largest absolute Gasteiger partial charge is 0.461 e. The van der Waals surface area contributed by atoms with Gasteiger partial charge < -0.3 is 10.5 Å². The topological polar surface area (TPSA) is 76.1 Å². The smallest absolute Gasteiger partial charge is 0.348 e. The Labute approximate surface area is 132 Å². The van der Waals surface area contributed by atoms with Gasteiger partial charge in [-0.15, -0.1) is 0 Å². The highest BCUT2D eigenvalue weighted by molar-refractivity contribution is 5.97. The van der Waals surface area contributed by atoms with Crippen molar-refractivity contribution < 1.29 is 9.53 Å². The van der Waals surface area contributed by atoms with Crippen LogP contribution in [-0.2, 0) is 9.53 Å². The average Bonchev–Trinajstić information content (AvgIpc) is 2.54. The zero-order valence-electron chi connectivity index (χ0n) is 13.3. The van der Waals surface area contributed by atoms with E-state index in [1.807, 2.05) is 6.07 Å². The lowest BCUT2D eigenvalue weighted by molar-refractivity contribution is -0.139. The molecule has 0 aliphatic heterocycles. The molecule has 4 heteroatoms. The van der Waals surface area contributed by atoms with Crippen molar-refractivity contribution in [3.63, 3.8) is 0 Å². The third-order valence-electron chi connectivity index (χ3n) is 3.58. The van der Waals surface area contributed by atoms with E-state index in [0.717, 1.165) is 31.2 Å². The Morgan fingerprint density at radius 3 is 2.59 bits per heavy atom. The fourth-order valence-corrected chi connectivity index (χ4v) is 2.07. The van der Waals surface area contributed by atoms with Gasteiger partial charge in [0.15, 0.2) is 0 Å². The van der Waals surface area contributed by atoms with E-state index in [2.05, 4.69) is 13.8 Å². The Kier molecular flexibility index (Phi) is 7.77. The van der Waals surface area contributed by atoms with Gasteiger partial charge in [-0.1, -0.05) is 45.2 Å². The van der Waals surface area contributed by atoms with Crippen LogP contribution in [0, 0.1) is 17.2 Å². The number of benzene rings is 1. The fraction of sp³-hybridized carbons (Fsp3) is 0.444. The molecule has 0 saturated carbocycles. The minimum Gasteiger partial charge on any atom is -0.461 e. The molecular weight excluding hydrogens is 276 g/mol. The summed E-state index contributed by atoms with van der Waals surface area (Å²) >= 11 is 0. The molecule has 0 fully saturated rings. The van der Waals surface area contributed by atoms with Gasteiger partial charge in [-0.25, -0.2) is 4.79 Å². The molecule has 0 heterocycles. The summed E-state index contributed by atoms with van der Waals surface area (Å²) in [5, 5.41) is 9.13. The highest BCUT2D eigenvalue weighted by Crippen LogP contribution is 2.15. The van der Waals surface area contributed by atoms with E-state index < -0.39 is 5.97 Å². The summed E-state index contributed by atoms with van der Waals surface area (Å²) < 4.78 is 5.29. The van der Waals surface area contributed by atoms with Crippen molar-refractivity contribution in [3.05, 3.63) is 35.4 Å². The van der Waals surface area contributed by atoms with E-state index >= 15 is 0 Å². The number of carbonyl (C=O) groups excluding carboxylic acids is 1. The molecule has 1 aromatic carbocycles. The van der Waals surface area contributed by atoms with Crippen molar-refractivity contribution >= 4 is 17.7 Å². The summed E-state index contributed by atoms with van der Waals surface area (Å²) in [6.07, 6.45) is 5.79. The van der Waals surface area contributed by atoms with E-state index in [1.165, 1.54) is 6.08 Å². The van der Waals surface area contributed by atoms with E-state index in [-0.39, 0.29) is 5.57 Å². The van der Waals surface area contributed by atoms with Crippen molar-refractivity contribution in [1.82, 2.24) is 0 Å². The number of carbonyl (C=O) groups is 1. The molecule has 0 saturated heterocycles. The standard InChI is InChI=1S/C18H24N2O2/c1-3-5-6-14(4-2)13-22-18(21)16(12-19)11-15-7-9-17(20)10-8-15/h7-11,14H,3-6,13,20H2,1-2H3. The monoisotopic (exact) mass is 300 g/mol. The number of hydrogen-bond acceptors (Lipinski definition) is 4. The summed E-state index contributed by atoms with van der Waals surface area (Å²) in [5.41, 5.74) is 7.01. The first-order valence-corrected chi connectivity index (χ1v) is 7.75. The van der Waals surface area contributed by atoms with Gasteiger partial charge >= 0.3 is 5.97 Å². The fourth-order valence-electron chi connectivity index (χ4n) is 2.07. The van der Waals surface area contributed by atoms with Crippen LogP contribution < -0.4 is 5.73 Å². The van der Waals surface area contributed by atoms with Crippen LogP contribution in [0.5, 0.6) is 0 Å². The molecule has 2 N–H and O–H groups in total. The molecule has 0 radical (unpaired) electrons. The van der Waals surface area contributed by atoms with Gasteiger partial charge in [-0.2, -0.15) is 5.26 Å². The normalized spacial score (nSPS) is 12.5. The van der Waals surface area contributed by atoms with Gasteiger partial charge in [-0.3, -0.25) is 0 Å². The molecule has 4 nitrogen and oxygen atoms in total. The maximum absolute atomic E-state index is 12.0. The molecule has 0 aliphatic rings. The number of ether oxygens (including phenoxy) is 1. The molecule has 22 heavy (non-hydrogen) atoms. The minimum absolute atomic E-state index is 0.00937. The van der Waals surface area contributed by atoms with Crippen molar-refractivity contribution in [1.29, 1.82) is 5.26 Å². The maximum Gasteiger partial charge on any atom is 0.348 e. The van der Waals surface area contributed by atoms with E-state index in [0.29, 0.717) is 18.2 Å². The second-order valence-corrected chi connectivity index (χ2v) is 5.35. The molecule has 0 aromatic heterocycles. The number of anilines is 1. The third-order valence-corrected chi connectivity index (χ3v) is 3.58. The van der Waals surface area contributed by atoms with Gasteiger partial charge in [-0.05, 0) is 36.1 Å². The molecule has 118 valence electrons. The number of nitrogens with zero attached hydrogens (tertiary/aromatic N) is 1. The summed E-state index contributed by atoms with van der Waals surface area (Å²) in [4.78, 5) is 12.0. The lowest BCUT2D eigenvalue weighted by Crippen LogP contribution is -2.15. The quantitative estimate of drug-likeness (QED) is 0.341. The van der Waals surface area contributed by atoms with Crippen LogP contribution in [-0.4, -0.2) is 12.6 Å². The molecule has 1 aromatic rings. The molecule has 1 unspecified atom stereocenters. The number of nitrogen functional groups attached to an aromatic ring is 1. The second kappa shape index (κ2) is 9.62. The van der Waals surface area contributed by atoms with Crippen molar-refractivity contribution in [2.24, 2.45) is 5.92 Å². The SMILES string of the molecule is CCCCC(CC)COC(=O)C(C#N)=Cc1ccc(N)cc1. The Bertz CT molecular complexity index is 541. The number of esters is 1. The first-order valence-electron chi connectivity index (χ1n) is 7.75. The van der Waals surface area contributed by atoms with Crippen LogP contribution in [0.3, 0.4) is 0 Å². The Hall–Kier alpha value is -2.28. The summed E-state index contributed by atoms with van der Waals surface area (Å²) in [6, 6.07) is 8.88. The van der Waals surface area contributed by atoms with E-state index in [4.69, 9.17) is 15.7 Å². The number of nitrogens with two attached hydrogens (primary N) is 1. The first-order chi connectivity index (χ1) is 10.6. The van der Waals surface area contributed by atoms with Crippen molar-refractivity contribution in [2.45, 2.75) is 39.5 Å². The van der Waals surface area contributed by atoms with E-state index in [9.17, 15) is 4.79 Å². The highest BCUT2D eigenvalue weighted by Gasteiger charge is 2.14. The Balaban J connectivity index is 2.64. The van der Waals surface area contributed by atoms with Crippen LogP contribution in [0.1, 0.15) is 45.1 Å². The van der Waals surface area contributed by atoms with Gasteiger partial charge in [0.1, 0.15) is 11.6 Å². The van der Waals surface area contributed by atoms with Crippen LogP contribution in [0.4, 0.5) is 5.69 Å². The highest BCUT2D eigenvalue weighted by atomic mass is 16.5.